The molecule has 0 radical (unpaired) electrons. The van der Waals surface area contributed by atoms with Gasteiger partial charge in [0.25, 0.3) is 0 Å². The van der Waals surface area contributed by atoms with Crippen molar-refractivity contribution in [3.8, 4) is 0 Å². The van der Waals surface area contributed by atoms with E-state index >= 15 is 0 Å². The van der Waals surface area contributed by atoms with Crippen LogP contribution in [-0.4, -0.2) is 140 Å². The van der Waals surface area contributed by atoms with E-state index in [2.05, 4.69) is 67.8 Å². The number of unbranched alkanes of at least 4 members (excludes halogenated alkanes) is 23. The van der Waals surface area contributed by atoms with E-state index in [-0.39, 0.29) is 12.5 Å². The number of amides is 1. The van der Waals surface area contributed by atoms with Gasteiger partial charge in [-0.3, -0.25) is 4.79 Å². The number of allylic oxidation sites excluding steroid dienone is 8. The largest absolute Gasteiger partial charge is 0.394 e. The number of hydrogen-bond donors (Lipinski definition) is 9. The van der Waals surface area contributed by atoms with Crippen LogP contribution in [0.4, 0.5) is 0 Å². The van der Waals surface area contributed by atoms with Crippen LogP contribution >= 0.6 is 0 Å². The smallest absolute Gasteiger partial charge is 0.220 e. The Kier molecular flexibility index (Phi) is 39.6. The predicted molar refractivity (Wildman–Crippen MR) is 281 cm³/mol. The fourth-order valence-corrected chi connectivity index (χ4v) is 9.23. The summed E-state index contributed by atoms with van der Waals surface area (Å²) >= 11 is 0. The van der Waals surface area contributed by atoms with Crippen LogP contribution in [0.1, 0.15) is 213 Å². The number of hydrogen-bond acceptors (Lipinski definition) is 13. The van der Waals surface area contributed by atoms with Gasteiger partial charge in [0.2, 0.25) is 5.91 Å². The molecule has 0 aliphatic carbocycles. The van der Waals surface area contributed by atoms with Gasteiger partial charge in [-0.1, -0.05) is 204 Å². The molecule has 2 heterocycles. The van der Waals surface area contributed by atoms with Crippen LogP contribution in [0.3, 0.4) is 0 Å². The number of carbonyl (C=O) groups is 1. The lowest BCUT2D eigenvalue weighted by Gasteiger charge is -2.46. The molecule has 14 heteroatoms. The van der Waals surface area contributed by atoms with Crippen LogP contribution in [0.15, 0.2) is 48.6 Å². The number of ether oxygens (including phenoxy) is 4. The molecule has 414 valence electrons. The first-order chi connectivity index (χ1) is 34.6. The Morgan fingerprint density at radius 1 is 0.521 bits per heavy atom. The molecule has 2 fully saturated rings. The Balaban J connectivity index is 1.58. The molecule has 71 heavy (non-hydrogen) atoms. The summed E-state index contributed by atoms with van der Waals surface area (Å²) in [5, 5.41) is 86.6. The van der Waals surface area contributed by atoms with E-state index in [4.69, 9.17) is 18.9 Å². The predicted octanol–water partition coefficient (Wildman–Crippen LogP) is 8.83. The van der Waals surface area contributed by atoms with Crippen molar-refractivity contribution in [2.75, 3.05) is 19.8 Å². The third-order valence-electron chi connectivity index (χ3n) is 13.8. The quantitative estimate of drug-likeness (QED) is 0.0206. The summed E-state index contributed by atoms with van der Waals surface area (Å²) in [5.74, 6) is -0.212. The summed E-state index contributed by atoms with van der Waals surface area (Å²) in [7, 11) is 0. The van der Waals surface area contributed by atoms with E-state index in [1.165, 1.54) is 96.3 Å². The van der Waals surface area contributed by atoms with E-state index in [0.717, 1.165) is 89.9 Å². The molecule has 0 aromatic carbocycles. The zero-order chi connectivity index (χ0) is 51.7. The van der Waals surface area contributed by atoms with E-state index in [9.17, 15) is 45.6 Å². The zero-order valence-electron chi connectivity index (χ0n) is 44.2. The molecule has 12 unspecified atom stereocenters. The maximum atomic E-state index is 13.1. The van der Waals surface area contributed by atoms with Gasteiger partial charge in [0.1, 0.15) is 48.8 Å². The molecule has 0 aromatic rings. The third kappa shape index (κ3) is 29.6. The van der Waals surface area contributed by atoms with Crippen molar-refractivity contribution >= 4 is 5.91 Å². The summed E-state index contributed by atoms with van der Waals surface area (Å²) in [6, 6.07) is -0.824. The number of nitrogens with one attached hydrogen (secondary N) is 1. The molecule has 1 amide bonds. The highest BCUT2D eigenvalue weighted by atomic mass is 16.7. The second-order valence-corrected chi connectivity index (χ2v) is 20.0. The Hall–Kier alpha value is -2.05. The molecule has 0 bridgehead atoms. The molecule has 0 saturated carbocycles. The molecule has 2 saturated heterocycles. The lowest BCUT2D eigenvalue weighted by atomic mass is 9.97. The maximum absolute atomic E-state index is 13.1. The van der Waals surface area contributed by atoms with Crippen molar-refractivity contribution in [1.29, 1.82) is 0 Å². The SMILES string of the molecule is CC/C=C\C/C=C\C/C=C\C/C=C\CCCCCCCCCCCCCCCCCCCCC(=O)NC(COC1OC(CO)C(OC2OC(CO)C(O)C(O)C2O)C(O)C1O)C(O)CCCCCCCC. The van der Waals surface area contributed by atoms with Crippen LogP contribution in [0.5, 0.6) is 0 Å². The van der Waals surface area contributed by atoms with Crippen LogP contribution in [0.25, 0.3) is 0 Å². The van der Waals surface area contributed by atoms with Crippen LogP contribution < -0.4 is 5.32 Å². The number of aliphatic hydroxyl groups is 8. The lowest BCUT2D eigenvalue weighted by Crippen LogP contribution is -2.65. The van der Waals surface area contributed by atoms with Crippen LogP contribution in [0.2, 0.25) is 0 Å². The fourth-order valence-electron chi connectivity index (χ4n) is 9.23. The van der Waals surface area contributed by atoms with E-state index in [1.54, 1.807) is 0 Å². The maximum Gasteiger partial charge on any atom is 0.220 e. The van der Waals surface area contributed by atoms with Crippen LogP contribution in [0, 0.1) is 0 Å². The summed E-state index contributed by atoms with van der Waals surface area (Å²) in [5.41, 5.74) is 0. The minimum absolute atomic E-state index is 0.212. The minimum atomic E-state index is -1.78. The Morgan fingerprint density at radius 2 is 0.972 bits per heavy atom. The van der Waals surface area contributed by atoms with Crippen molar-refractivity contribution in [3.63, 3.8) is 0 Å². The van der Waals surface area contributed by atoms with Gasteiger partial charge >= 0.3 is 0 Å². The van der Waals surface area contributed by atoms with Crippen molar-refractivity contribution < 1.29 is 64.6 Å². The van der Waals surface area contributed by atoms with Gasteiger partial charge in [-0.05, 0) is 51.4 Å². The summed E-state index contributed by atoms with van der Waals surface area (Å²) in [6.45, 7) is 2.67. The van der Waals surface area contributed by atoms with E-state index in [1.807, 2.05) is 0 Å². The molecule has 0 aromatic heterocycles. The van der Waals surface area contributed by atoms with Crippen molar-refractivity contribution in [2.24, 2.45) is 0 Å². The second kappa shape index (κ2) is 43.2. The summed E-state index contributed by atoms with van der Waals surface area (Å²) < 4.78 is 22.7. The van der Waals surface area contributed by atoms with Gasteiger partial charge in [0.15, 0.2) is 12.6 Å². The number of rotatable bonds is 44. The molecule has 0 spiro atoms. The van der Waals surface area contributed by atoms with Gasteiger partial charge in [-0.2, -0.15) is 0 Å². The second-order valence-electron chi connectivity index (χ2n) is 20.0. The standard InChI is InChI=1S/C57H103NO13/c1-3-5-7-9-11-12-13-14-15-16-17-18-19-20-21-22-23-24-25-26-27-28-29-30-31-32-33-34-35-37-39-41-49(62)58-45(46(61)40-38-36-10-8-6-4-2)44-68-56-54(67)52(65)55(48(43-60)70-56)71-57-53(66)51(64)50(63)47(42-59)69-57/h5,7,11-12,14-15,17-18,45-48,50-57,59-61,63-67H,3-4,6,8-10,13,16,19-44H2,1-2H3,(H,58,62)/b7-5-,12-11-,15-14-,18-17-. The Morgan fingerprint density at radius 3 is 1.49 bits per heavy atom. The molecule has 9 N–H and O–H groups in total. The molecule has 2 aliphatic rings. The average molecular weight is 1010 g/mol. The molecule has 2 aliphatic heterocycles. The fraction of sp³-hybridized carbons (Fsp3) is 0.842. The first-order valence-corrected chi connectivity index (χ1v) is 28.4. The summed E-state index contributed by atoms with van der Waals surface area (Å²) in [6.07, 6.45) is 36.1. The van der Waals surface area contributed by atoms with Crippen molar-refractivity contribution in [3.05, 3.63) is 48.6 Å². The molecular weight excluding hydrogens is 907 g/mol. The summed E-state index contributed by atoms with van der Waals surface area (Å²) in [4.78, 5) is 13.1. The van der Waals surface area contributed by atoms with Gasteiger partial charge in [0.05, 0.1) is 32.0 Å². The van der Waals surface area contributed by atoms with Crippen molar-refractivity contribution in [1.82, 2.24) is 5.32 Å². The van der Waals surface area contributed by atoms with Gasteiger partial charge < -0.3 is 65.1 Å². The van der Waals surface area contributed by atoms with E-state index in [0.29, 0.717) is 12.8 Å². The molecular formula is C57H103NO13. The van der Waals surface area contributed by atoms with E-state index < -0.39 is 86.8 Å². The molecule has 14 nitrogen and oxygen atoms in total. The normalized spacial score (nSPS) is 26.1. The minimum Gasteiger partial charge on any atom is -0.394 e. The Bertz CT molecular complexity index is 1380. The average Bonchev–Trinajstić information content (AvgIpc) is 3.37. The molecule has 2 rings (SSSR count). The first-order valence-electron chi connectivity index (χ1n) is 28.4. The third-order valence-corrected chi connectivity index (χ3v) is 13.8. The highest BCUT2D eigenvalue weighted by Crippen LogP contribution is 2.30. The van der Waals surface area contributed by atoms with Crippen LogP contribution in [-0.2, 0) is 23.7 Å². The van der Waals surface area contributed by atoms with Gasteiger partial charge in [-0.15, -0.1) is 0 Å². The monoisotopic (exact) mass is 1010 g/mol. The Labute approximate surface area is 429 Å². The van der Waals surface area contributed by atoms with Crippen molar-refractivity contribution in [2.45, 2.75) is 286 Å². The highest BCUT2D eigenvalue weighted by molar-refractivity contribution is 5.76. The number of aliphatic hydroxyl groups excluding tert-OH is 8. The molecule has 12 atom stereocenters. The van der Waals surface area contributed by atoms with Gasteiger partial charge in [0, 0.05) is 6.42 Å². The highest BCUT2D eigenvalue weighted by Gasteiger charge is 2.51. The zero-order valence-corrected chi connectivity index (χ0v) is 44.2. The van der Waals surface area contributed by atoms with Gasteiger partial charge in [-0.25, -0.2) is 0 Å². The topological polar surface area (TPSA) is 228 Å². The number of carbonyl (C=O) groups excluding carboxylic acids is 1. The lowest BCUT2D eigenvalue weighted by molar-refractivity contribution is -0.359. The first kappa shape index (κ1) is 65.1.